The van der Waals surface area contributed by atoms with Gasteiger partial charge in [-0.3, -0.25) is 9.91 Å². The number of hydrogen-bond acceptors (Lipinski definition) is 3. The maximum absolute atomic E-state index is 13.3. The fourth-order valence-electron chi connectivity index (χ4n) is 4.34. The highest BCUT2D eigenvalue weighted by atomic mass is 19.1. The van der Waals surface area contributed by atoms with Gasteiger partial charge in [-0.1, -0.05) is 60.7 Å². The van der Waals surface area contributed by atoms with Crippen molar-refractivity contribution >= 4 is 6.21 Å². The molecule has 2 aliphatic rings. The highest BCUT2D eigenvalue weighted by molar-refractivity contribution is 5.79. The van der Waals surface area contributed by atoms with E-state index in [-0.39, 0.29) is 5.82 Å². The molecule has 3 aromatic carbocycles. The molecule has 140 valence electrons. The average molecular weight is 371 g/mol. The molecule has 28 heavy (non-hydrogen) atoms. The lowest BCUT2D eigenvalue weighted by Gasteiger charge is -2.37. The van der Waals surface area contributed by atoms with Crippen molar-refractivity contribution in [2.24, 2.45) is 5.10 Å². The first kappa shape index (κ1) is 17.1. The number of halogens is 1. The largest absolute Gasteiger partial charge is 0.294 e. The third-order valence-corrected chi connectivity index (χ3v) is 5.68. The molecule has 0 N–H and O–H groups in total. The molecule has 0 saturated carbocycles. The third kappa shape index (κ3) is 3.10. The molecule has 0 unspecified atom stereocenters. The molecule has 0 spiro atoms. The van der Waals surface area contributed by atoms with Crippen molar-refractivity contribution in [1.82, 2.24) is 9.91 Å². The van der Waals surface area contributed by atoms with Crippen LogP contribution in [-0.2, 0) is 0 Å². The van der Waals surface area contributed by atoms with Gasteiger partial charge in [0.05, 0.1) is 12.3 Å². The lowest BCUT2D eigenvalue weighted by Crippen LogP contribution is -2.45. The van der Waals surface area contributed by atoms with E-state index in [1.54, 1.807) is 12.3 Å². The normalized spacial score (nSPS) is 17.1. The highest BCUT2D eigenvalue weighted by Crippen LogP contribution is 2.46. The van der Waals surface area contributed by atoms with E-state index < -0.39 is 0 Å². The Bertz CT molecular complexity index is 976. The van der Waals surface area contributed by atoms with Crippen molar-refractivity contribution in [2.45, 2.75) is 6.04 Å². The second kappa shape index (κ2) is 7.21. The SMILES string of the molecule is Fc1cccc(/C=N/N2CCN(C3c4ccccc4-c4ccccc43)CC2)c1. The van der Waals surface area contributed by atoms with Crippen molar-refractivity contribution in [3.8, 4) is 11.1 Å². The van der Waals surface area contributed by atoms with Crippen LogP contribution >= 0.6 is 0 Å². The highest BCUT2D eigenvalue weighted by Gasteiger charge is 2.33. The van der Waals surface area contributed by atoms with Crippen molar-refractivity contribution in [1.29, 1.82) is 0 Å². The van der Waals surface area contributed by atoms with Crippen LogP contribution in [0.15, 0.2) is 77.9 Å². The molecule has 3 nitrogen and oxygen atoms in total. The summed E-state index contributed by atoms with van der Waals surface area (Å²) < 4.78 is 13.3. The summed E-state index contributed by atoms with van der Waals surface area (Å²) in [6.07, 6.45) is 1.75. The second-order valence-corrected chi connectivity index (χ2v) is 7.37. The van der Waals surface area contributed by atoms with Crippen molar-refractivity contribution in [3.05, 3.63) is 95.3 Å². The van der Waals surface area contributed by atoms with E-state index in [2.05, 4.69) is 63.5 Å². The van der Waals surface area contributed by atoms with Crippen LogP contribution in [0.2, 0.25) is 0 Å². The summed E-state index contributed by atoms with van der Waals surface area (Å²) >= 11 is 0. The Kier molecular flexibility index (Phi) is 4.41. The van der Waals surface area contributed by atoms with Crippen molar-refractivity contribution in [3.63, 3.8) is 0 Å². The van der Waals surface area contributed by atoms with Crippen LogP contribution in [0.1, 0.15) is 22.7 Å². The summed E-state index contributed by atoms with van der Waals surface area (Å²) in [5.41, 5.74) is 6.31. The lowest BCUT2D eigenvalue weighted by atomic mass is 10.0. The molecule has 1 heterocycles. The van der Waals surface area contributed by atoms with Gasteiger partial charge in [-0.05, 0) is 39.9 Å². The van der Waals surface area contributed by atoms with E-state index in [0.717, 1.165) is 31.7 Å². The quantitative estimate of drug-likeness (QED) is 0.629. The minimum atomic E-state index is -0.229. The average Bonchev–Trinajstić information content (AvgIpc) is 3.07. The minimum absolute atomic E-state index is 0.229. The molecule has 1 aliphatic heterocycles. The van der Waals surface area contributed by atoms with Crippen molar-refractivity contribution < 1.29 is 4.39 Å². The lowest BCUT2D eigenvalue weighted by molar-refractivity contribution is 0.114. The summed E-state index contributed by atoms with van der Waals surface area (Å²) in [4.78, 5) is 2.55. The molecule has 5 rings (SSSR count). The van der Waals surface area contributed by atoms with Gasteiger partial charge in [0.1, 0.15) is 5.82 Å². The summed E-state index contributed by atoms with van der Waals surface area (Å²) in [6, 6.07) is 24.4. The van der Waals surface area contributed by atoms with Crippen LogP contribution in [0, 0.1) is 5.82 Å². The number of piperazine rings is 1. The summed E-state index contributed by atoms with van der Waals surface area (Å²) in [6.45, 7) is 3.64. The molecule has 1 fully saturated rings. The minimum Gasteiger partial charge on any atom is -0.294 e. The molecule has 3 aromatic rings. The van der Waals surface area contributed by atoms with E-state index in [1.807, 2.05) is 6.07 Å². The monoisotopic (exact) mass is 371 g/mol. The van der Waals surface area contributed by atoms with Gasteiger partial charge in [-0.25, -0.2) is 4.39 Å². The molecule has 1 aliphatic carbocycles. The smallest absolute Gasteiger partial charge is 0.123 e. The Morgan fingerprint density at radius 1 is 0.786 bits per heavy atom. The second-order valence-electron chi connectivity index (χ2n) is 7.37. The molecule has 0 bridgehead atoms. The van der Waals surface area contributed by atoms with Crippen LogP contribution in [0.5, 0.6) is 0 Å². The predicted molar refractivity (Wildman–Crippen MR) is 111 cm³/mol. The first-order valence-corrected chi connectivity index (χ1v) is 9.76. The number of fused-ring (bicyclic) bond motifs is 3. The molecule has 0 amide bonds. The van der Waals surface area contributed by atoms with E-state index >= 15 is 0 Å². The standard InChI is InChI=1S/C24H22FN3/c25-19-7-5-6-18(16-19)17-26-28-14-12-27(13-15-28)24-22-10-3-1-8-20(22)21-9-2-4-11-23(21)24/h1-11,16-17,24H,12-15H2/b26-17+. The zero-order valence-electron chi connectivity index (χ0n) is 15.6. The van der Waals surface area contributed by atoms with Gasteiger partial charge in [-0.15, -0.1) is 0 Å². The summed E-state index contributed by atoms with van der Waals surface area (Å²) in [7, 11) is 0. The van der Waals surface area contributed by atoms with Gasteiger partial charge in [0.25, 0.3) is 0 Å². The van der Waals surface area contributed by atoms with Gasteiger partial charge in [-0.2, -0.15) is 5.10 Å². The Labute approximate surface area is 164 Å². The van der Waals surface area contributed by atoms with Gasteiger partial charge in [0, 0.05) is 26.2 Å². The van der Waals surface area contributed by atoms with Gasteiger partial charge < -0.3 is 0 Å². The number of rotatable bonds is 3. The fraction of sp³-hybridized carbons (Fsp3) is 0.208. The predicted octanol–water partition coefficient (Wildman–Crippen LogP) is 4.55. The Morgan fingerprint density at radius 3 is 2.07 bits per heavy atom. The van der Waals surface area contributed by atoms with Crippen LogP contribution in [0.3, 0.4) is 0 Å². The van der Waals surface area contributed by atoms with E-state index in [9.17, 15) is 4.39 Å². The van der Waals surface area contributed by atoms with Crippen LogP contribution < -0.4 is 0 Å². The molecule has 0 radical (unpaired) electrons. The molecular formula is C24H22FN3. The molecule has 0 atom stereocenters. The number of benzene rings is 3. The van der Waals surface area contributed by atoms with E-state index in [4.69, 9.17) is 0 Å². The maximum Gasteiger partial charge on any atom is 0.123 e. The molecule has 0 aromatic heterocycles. The van der Waals surface area contributed by atoms with Gasteiger partial charge >= 0.3 is 0 Å². The van der Waals surface area contributed by atoms with E-state index in [0.29, 0.717) is 6.04 Å². The first-order valence-electron chi connectivity index (χ1n) is 9.76. The van der Waals surface area contributed by atoms with Gasteiger partial charge in [0.15, 0.2) is 0 Å². The van der Waals surface area contributed by atoms with Crippen LogP contribution in [0.25, 0.3) is 11.1 Å². The Balaban J connectivity index is 1.32. The summed E-state index contributed by atoms with van der Waals surface area (Å²) in [5, 5.41) is 6.64. The third-order valence-electron chi connectivity index (χ3n) is 5.68. The zero-order chi connectivity index (χ0) is 18.9. The zero-order valence-corrected chi connectivity index (χ0v) is 15.6. The number of hydrogen-bond donors (Lipinski definition) is 0. The van der Waals surface area contributed by atoms with Crippen molar-refractivity contribution in [2.75, 3.05) is 26.2 Å². The molecular weight excluding hydrogens is 349 g/mol. The summed E-state index contributed by atoms with van der Waals surface area (Å²) in [5.74, 6) is -0.229. The van der Waals surface area contributed by atoms with E-state index in [1.165, 1.54) is 34.4 Å². The Hall–Kier alpha value is -2.98. The fourth-order valence-corrected chi connectivity index (χ4v) is 4.34. The first-order chi connectivity index (χ1) is 13.8. The maximum atomic E-state index is 13.3. The Morgan fingerprint density at radius 2 is 1.43 bits per heavy atom. The van der Waals surface area contributed by atoms with Crippen LogP contribution in [0.4, 0.5) is 4.39 Å². The van der Waals surface area contributed by atoms with Crippen LogP contribution in [-0.4, -0.2) is 42.3 Å². The topological polar surface area (TPSA) is 18.8 Å². The molecule has 1 saturated heterocycles. The molecule has 4 heteroatoms. The van der Waals surface area contributed by atoms with Gasteiger partial charge in [0.2, 0.25) is 0 Å². The number of hydrazone groups is 1. The number of nitrogens with zero attached hydrogens (tertiary/aromatic N) is 3.